The van der Waals surface area contributed by atoms with E-state index < -0.39 is 0 Å². The Morgan fingerprint density at radius 2 is 1.81 bits per heavy atom. The van der Waals surface area contributed by atoms with Crippen LogP contribution >= 0.6 is 11.6 Å². The Labute approximate surface area is 186 Å². The number of fused-ring (bicyclic) bond motifs is 1. The molecule has 1 aliphatic heterocycles. The molecule has 9 nitrogen and oxygen atoms in total. The van der Waals surface area contributed by atoms with Gasteiger partial charge in [-0.1, -0.05) is 16.8 Å². The molecule has 2 aromatic heterocycles. The van der Waals surface area contributed by atoms with E-state index in [1.165, 1.54) is 16.8 Å². The number of aromatic nitrogens is 3. The lowest BCUT2D eigenvalue weighted by atomic mass is 10.2. The van der Waals surface area contributed by atoms with Crippen LogP contribution in [0.15, 0.2) is 70.1 Å². The molecule has 1 amide bonds. The Bertz CT molecular complexity index is 1360. The quantitative estimate of drug-likeness (QED) is 0.495. The molecule has 0 atom stereocenters. The maximum Gasteiger partial charge on any atom is 0.259 e. The predicted molar refractivity (Wildman–Crippen MR) is 116 cm³/mol. The number of hydrogen-bond acceptors (Lipinski definition) is 7. The number of nitrogens with zero attached hydrogens (tertiary/aromatic N) is 3. The highest BCUT2D eigenvalue weighted by Gasteiger charge is 2.16. The van der Waals surface area contributed by atoms with Crippen molar-refractivity contribution in [3.63, 3.8) is 0 Å². The molecule has 0 saturated heterocycles. The highest BCUT2D eigenvalue weighted by Crippen LogP contribution is 2.34. The topological polar surface area (TPSA) is 108 Å². The molecule has 0 aliphatic carbocycles. The summed E-state index contributed by atoms with van der Waals surface area (Å²) in [5.41, 5.74) is 1.44. The number of nitrogens with one attached hydrogen (secondary N) is 1. The molecule has 0 radical (unpaired) electrons. The first-order valence-corrected chi connectivity index (χ1v) is 9.93. The molecule has 10 heteroatoms. The third-order valence-electron chi connectivity index (χ3n) is 4.73. The van der Waals surface area contributed by atoms with Crippen LogP contribution in [0, 0.1) is 0 Å². The van der Waals surface area contributed by atoms with Crippen LogP contribution in [0.4, 0.5) is 5.69 Å². The van der Waals surface area contributed by atoms with Gasteiger partial charge in [-0.3, -0.25) is 9.59 Å². The van der Waals surface area contributed by atoms with Crippen molar-refractivity contribution < 1.29 is 18.8 Å². The van der Waals surface area contributed by atoms with Crippen LogP contribution in [0.25, 0.3) is 22.8 Å². The van der Waals surface area contributed by atoms with Gasteiger partial charge in [0.2, 0.25) is 18.5 Å². The fraction of sp³-hybridized carbons (Fsp3) is 0.0909. The first-order valence-electron chi connectivity index (χ1n) is 9.55. The van der Waals surface area contributed by atoms with Gasteiger partial charge in [-0.2, -0.15) is 4.98 Å². The van der Waals surface area contributed by atoms with Gasteiger partial charge in [0.15, 0.2) is 11.5 Å². The van der Waals surface area contributed by atoms with Crippen molar-refractivity contribution in [2.75, 3.05) is 12.1 Å². The maximum atomic E-state index is 12.5. The van der Waals surface area contributed by atoms with E-state index in [0.29, 0.717) is 33.6 Å². The summed E-state index contributed by atoms with van der Waals surface area (Å²) in [7, 11) is 0. The van der Waals surface area contributed by atoms with E-state index in [1.54, 1.807) is 48.5 Å². The third kappa shape index (κ3) is 4.06. The van der Waals surface area contributed by atoms with Crippen LogP contribution in [0.5, 0.6) is 11.5 Å². The zero-order valence-corrected chi connectivity index (χ0v) is 17.2. The molecule has 0 unspecified atom stereocenters. The molecular weight excluding hydrogens is 436 g/mol. The van der Waals surface area contributed by atoms with Gasteiger partial charge in [-0.15, -0.1) is 0 Å². The van der Waals surface area contributed by atoms with Gasteiger partial charge in [0.25, 0.3) is 11.4 Å². The van der Waals surface area contributed by atoms with Gasteiger partial charge < -0.3 is 23.9 Å². The standard InChI is InChI=1S/C22H15ClN4O5/c23-15-4-1-13(2-5-15)21-25-22(32-26-21)14-3-8-20(29)27(10-14)11-19(28)24-16-6-7-17-18(9-16)31-12-30-17/h1-10H,11-12H2,(H,24,28). The Kier molecular flexibility index (Phi) is 5.08. The van der Waals surface area contributed by atoms with Crippen LogP contribution < -0.4 is 20.3 Å². The van der Waals surface area contributed by atoms with E-state index in [9.17, 15) is 9.59 Å². The predicted octanol–water partition coefficient (Wildman–Crippen LogP) is 3.59. The van der Waals surface area contributed by atoms with Crippen molar-refractivity contribution in [3.8, 4) is 34.3 Å². The number of pyridine rings is 1. The van der Waals surface area contributed by atoms with Crippen molar-refractivity contribution in [1.29, 1.82) is 0 Å². The Morgan fingerprint density at radius 3 is 2.66 bits per heavy atom. The minimum absolute atomic E-state index is 0.143. The Balaban J connectivity index is 1.33. The number of anilines is 1. The van der Waals surface area contributed by atoms with Crippen LogP contribution in [0.2, 0.25) is 5.02 Å². The first kappa shape index (κ1) is 19.8. The molecule has 2 aromatic carbocycles. The molecule has 1 aliphatic rings. The van der Waals surface area contributed by atoms with E-state index in [2.05, 4.69) is 15.5 Å². The molecule has 32 heavy (non-hydrogen) atoms. The van der Waals surface area contributed by atoms with Gasteiger partial charge in [0.1, 0.15) is 6.54 Å². The SMILES string of the molecule is O=C(Cn1cc(-c2nc(-c3ccc(Cl)cc3)no2)ccc1=O)Nc1ccc2c(c1)OCO2. The van der Waals surface area contributed by atoms with E-state index in [-0.39, 0.29) is 30.7 Å². The second kappa shape index (κ2) is 8.20. The number of carbonyl (C=O) groups is 1. The monoisotopic (exact) mass is 450 g/mol. The number of hydrogen-bond donors (Lipinski definition) is 1. The van der Waals surface area contributed by atoms with Gasteiger partial charge in [-0.05, 0) is 42.5 Å². The second-order valence-electron chi connectivity index (χ2n) is 6.93. The molecule has 160 valence electrons. The lowest BCUT2D eigenvalue weighted by Crippen LogP contribution is -2.26. The summed E-state index contributed by atoms with van der Waals surface area (Å²) < 4.78 is 17.2. The average Bonchev–Trinajstić information content (AvgIpc) is 3.45. The highest BCUT2D eigenvalue weighted by atomic mass is 35.5. The second-order valence-corrected chi connectivity index (χ2v) is 7.37. The molecule has 3 heterocycles. The van der Waals surface area contributed by atoms with Crippen molar-refractivity contribution in [2.45, 2.75) is 6.54 Å². The minimum atomic E-state index is -0.379. The number of rotatable bonds is 5. The Morgan fingerprint density at radius 1 is 1.03 bits per heavy atom. The van der Waals surface area contributed by atoms with E-state index in [0.717, 1.165) is 5.56 Å². The molecule has 0 bridgehead atoms. The number of benzene rings is 2. The largest absolute Gasteiger partial charge is 0.454 e. The lowest BCUT2D eigenvalue weighted by Gasteiger charge is -2.08. The first-order chi connectivity index (χ1) is 15.5. The summed E-state index contributed by atoms with van der Waals surface area (Å²) in [6.07, 6.45) is 1.50. The normalized spacial score (nSPS) is 12.0. The summed E-state index contributed by atoms with van der Waals surface area (Å²) in [6.45, 7) is -0.0520. The fourth-order valence-corrected chi connectivity index (χ4v) is 3.29. The summed E-state index contributed by atoms with van der Waals surface area (Å²) >= 11 is 5.91. The molecule has 5 rings (SSSR count). The lowest BCUT2D eigenvalue weighted by molar-refractivity contribution is -0.116. The van der Waals surface area contributed by atoms with Crippen LogP contribution in [-0.2, 0) is 11.3 Å². The summed E-state index contributed by atoms with van der Waals surface area (Å²) in [5, 5.41) is 7.31. The summed E-state index contributed by atoms with van der Waals surface area (Å²) in [6, 6.07) is 15.0. The minimum Gasteiger partial charge on any atom is -0.454 e. The number of carbonyl (C=O) groups excluding carboxylic acids is 1. The average molecular weight is 451 g/mol. The molecule has 1 N–H and O–H groups in total. The highest BCUT2D eigenvalue weighted by molar-refractivity contribution is 6.30. The van der Waals surface area contributed by atoms with Crippen molar-refractivity contribution in [1.82, 2.24) is 14.7 Å². The summed E-state index contributed by atoms with van der Waals surface area (Å²) in [4.78, 5) is 29.1. The Hall–Kier alpha value is -4.11. The molecule has 0 saturated carbocycles. The van der Waals surface area contributed by atoms with Gasteiger partial charge in [-0.25, -0.2) is 0 Å². The van der Waals surface area contributed by atoms with E-state index >= 15 is 0 Å². The number of amides is 1. The smallest absolute Gasteiger partial charge is 0.259 e. The zero-order chi connectivity index (χ0) is 22.1. The van der Waals surface area contributed by atoms with E-state index in [4.69, 9.17) is 25.6 Å². The van der Waals surface area contributed by atoms with Crippen molar-refractivity contribution in [3.05, 3.63) is 76.2 Å². The van der Waals surface area contributed by atoms with Gasteiger partial charge in [0.05, 0.1) is 5.56 Å². The molecular formula is C22H15ClN4O5. The van der Waals surface area contributed by atoms with Crippen molar-refractivity contribution in [2.24, 2.45) is 0 Å². The van der Waals surface area contributed by atoms with Crippen LogP contribution in [0.1, 0.15) is 0 Å². The van der Waals surface area contributed by atoms with Gasteiger partial charge in [0, 0.05) is 34.6 Å². The number of halogens is 1. The van der Waals surface area contributed by atoms with Crippen molar-refractivity contribution >= 4 is 23.2 Å². The van der Waals surface area contributed by atoms with E-state index in [1.807, 2.05) is 0 Å². The van der Waals surface area contributed by atoms with Gasteiger partial charge >= 0.3 is 0 Å². The van der Waals surface area contributed by atoms with Crippen LogP contribution in [0.3, 0.4) is 0 Å². The summed E-state index contributed by atoms with van der Waals surface area (Å²) in [5.74, 6) is 1.39. The fourth-order valence-electron chi connectivity index (χ4n) is 3.17. The zero-order valence-electron chi connectivity index (χ0n) is 16.4. The molecule has 0 fully saturated rings. The molecule has 0 spiro atoms. The van der Waals surface area contributed by atoms with Crippen LogP contribution in [-0.4, -0.2) is 27.4 Å². The maximum absolute atomic E-state index is 12.5. The molecule has 4 aromatic rings. The third-order valence-corrected chi connectivity index (χ3v) is 4.98. The number of ether oxygens (including phenoxy) is 2.